The predicted molar refractivity (Wildman–Crippen MR) is 87.1 cm³/mol. The zero-order valence-electron chi connectivity index (χ0n) is 12.4. The number of carbonyl (C=O) groups excluding carboxylic acids is 1. The van der Waals surface area contributed by atoms with E-state index < -0.39 is 0 Å². The summed E-state index contributed by atoms with van der Waals surface area (Å²) in [6.07, 6.45) is 0.999. The van der Waals surface area contributed by atoms with Crippen molar-refractivity contribution in [3.63, 3.8) is 0 Å². The Labute approximate surface area is 135 Å². The Hall–Kier alpha value is -2.00. The van der Waals surface area contributed by atoms with Crippen LogP contribution in [-0.2, 0) is 11.2 Å². The molecule has 2 unspecified atom stereocenters. The number of ether oxygens (including phenoxy) is 1. The van der Waals surface area contributed by atoms with E-state index in [1.54, 1.807) is 24.3 Å². The molecule has 2 aromatic rings. The number of carbonyl (C=O) groups is 1. The highest BCUT2D eigenvalue weighted by molar-refractivity contribution is 6.30. The Kier molecular flexibility index (Phi) is 4.34. The molecule has 0 radical (unpaired) electrons. The first-order valence-electron chi connectivity index (χ1n) is 7.39. The first-order chi connectivity index (χ1) is 10.6. The molecule has 2 aromatic carbocycles. The van der Waals surface area contributed by atoms with Gasteiger partial charge in [-0.05, 0) is 47.7 Å². The van der Waals surface area contributed by atoms with E-state index in [2.05, 4.69) is 24.4 Å². The van der Waals surface area contributed by atoms with Gasteiger partial charge in [-0.3, -0.25) is 4.79 Å². The van der Waals surface area contributed by atoms with Gasteiger partial charge in [0.25, 0.3) is 5.91 Å². The highest BCUT2D eigenvalue weighted by atomic mass is 35.5. The van der Waals surface area contributed by atoms with Crippen molar-refractivity contribution in [2.75, 3.05) is 6.61 Å². The quantitative estimate of drug-likeness (QED) is 0.932. The second kappa shape index (κ2) is 6.41. The smallest absolute Gasteiger partial charge is 0.258 e. The average molecular weight is 316 g/mol. The van der Waals surface area contributed by atoms with Gasteiger partial charge >= 0.3 is 0 Å². The molecule has 3 nitrogen and oxygen atoms in total. The fourth-order valence-corrected chi connectivity index (χ4v) is 3.04. The van der Waals surface area contributed by atoms with Crippen molar-refractivity contribution in [3.05, 3.63) is 64.7 Å². The number of benzene rings is 2. The Morgan fingerprint density at radius 3 is 2.73 bits per heavy atom. The molecule has 0 aromatic heterocycles. The van der Waals surface area contributed by atoms with Crippen LogP contribution in [0, 0.1) is 5.92 Å². The molecule has 0 bridgehead atoms. The van der Waals surface area contributed by atoms with Crippen molar-refractivity contribution in [2.24, 2.45) is 5.92 Å². The number of rotatable bonds is 4. The molecule has 0 saturated heterocycles. The maximum Gasteiger partial charge on any atom is 0.258 e. The summed E-state index contributed by atoms with van der Waals surface area (Å²) in [5.41, 5.74) is 2.54. The van der Waals surface area contributed by atoms with Crippen LogP contribution in [0.4, 0.5) is 0 Å². The summed E-state index contributed by atoms with van der Waals surface area (Å²) in [6.45, 7) is 2.16. The summed E-state index contributed by atoms with van der Waals surface area (Å²) in [5, 5.41) is 3.72. The third-order valence-corrected chi connectivity index (χ3v) is 4.25. The first-order valence-corrected chi connectivity index (χ1v) is 7.77. The summed E-state index contributed by atoms with van der Waals surface area (Å²) in [6, 6.07) is 15.3. The summed E-state index contributed by atoms with van der Waals surface area (Å²) in [4.78, 5) is 12.1. The van der Waals surface area contributed by atoms with Crippen LogP contribution >= 0.6 is 11.6 Å². The molecule has 0 saturated carbocycles. The van der Waals surface area contributed by atoms with Gasteiger partial charge in [0.15, 0.2) is 6.61 Å². The molecule has 0 heterocycles. The minimum Gasteiger partial charge on any atom is -0.484 e. The van der Waals surface area contributed by atoms with Crippen molar-refractivity contribution >= 4 is 17.5 Å². The minimum absolute atomic E-state index is 0.00696. The monoisotopic (exact) mass is 315 g/mol. The molecular weight excluding hydrogens is 298 g/mol. The van der Waals surface area contributed by atoms with Crippen molar-refractivity contribution < 1.29 is 9.53 Å². The fraction of sp³-hybridized carbons (Fsp3) is 0.278. The van der Waals surface area contributed by atoms with E-state index in [9.17, 15) is 4.79 Å². The Balaban J connectivity index is 1.59. The van der Waals surface area contributed by atoms with Crippen molar-refractivity contribution in [1.82, 2.24) is 5.32 Å². The molecular formula is C18H18ClNO2. The Morgan fingerprint density at radius 1 is 1.23 bits per heavy atom. The predicted octanol–water partition coefficient (Wildman–Crippen LogP) is 3.77. The van der Waals surface area contributed by atoms with Crippen LogP contribution in [0.3, 0.4) is 0 Å². The third-order valence-electron chi connectivity index (χ3n) is 4.00. The number of hydrogen-bond acceptors (Lipinski definition) is 2. The van der Waals surface area contributed by atoms with Gasteiger partial charge in [-0.2, -0.15) is 0 Å². The van der Waals surface area contributed by atoms with Gasteiger partial charge in [0, 0.05) is 5.02 Å². The molecule has 1 aliphatic rings. The van der Waals surface area contributed by atoms with E-state index in [-0.39, 0.29) is 18.6 Å². The topological polar surface area (TPSA) is 38.3 Å². The zero-order valence-corrected chi connectivity index (χ0v) is 13.1. The standard InChI is InChI=1S/C18H18ClNO2/c1-12-10-13-4-2-3-5-16(13)18(12)20-17(21)11-22-15-8-6-14(19)7-9-15/h2-9,12,18H,10-11H2,1H3,(H,20,21). The first kappa shape index (κ1) is 14.9. The molecule has 0 fully saturated rings. The second-order valence-corrected chi connectivity index (χ2v) is 6.10. The van der Waals surface area contributed by atoms with Gasteiger partial charge in [-0.1, -0.05) is 42.8 Å². The Bertz CT molecular complexity index is 669. The molecule has 3 rings (SSSR count). The van der Waals surface area contributed by atoms with Crippen LogP contribution < -0.4 is 10.1 Å². The van der Waals surface area contributed by atoms with E-state index in [1.165, 1.54) is 11.1 Å². The molecule has 114 valence electrons. The van der Waals surface area contributed by atoms with Crippen molar-refractivity contribution in [2.45, 2.75) is 19.4 Å². The number of amides is 1. The lowest BCUT2D eigenvalue weighted by atomic mass is 10.0. The van der Waals surface area contributed by atoms with Crippen LogP contribution in [0.25, 0.3) is 0 Å². The van der Waals surface area contributed by atoms with Crippen LogP contribution in [0.15, 0.2) is 48.5 Å². The van der Waals surface area contributed by atoms with E-state index in [0.717, 1.165) is 6.42 Å². The van der Waals surface area contributed by atoms with Crippen molar-refractivity contribution in [3.8, 4) is 5.75 Å². The van der Waals surface area contributed by atoms with Gasteiger partial charge in [-0.25, -0.2) is 0 Å². The van der Waals surface area contributed by atoms with E-state index in [4.69, 9.17) is 16.3 Å². The number of nitrogens with one attached hydrogen (secondary N) is 1. The van der Waals surface area contributed by atoms with Crippen LogP contribution in [0.5, 0.6) is 5.75 Å². The largest absolute Gasteiger partial charge is 0.484 e. The maximum atomic E-state index is 12.1. The van der Waals surface area contributed by atoms with Gasteiger partial charge in [0.05, 0.1) is 6.04 Å². The van der Waals surface area contributed by atoms with Crippen molar-refractivity contribution in [1.29, 1.82) is 0 Å². The third kappa shape index (κ3) is 3.25. The van der Waals surface area contributed by atoms with Crippen LogP contribution in [0.2, 0.25) is 5.02 Å². The van der Waals surface area contributed by atoms with Gasteiger partial charge in [-0.15, -0.1) is 0 Å². The summed E-state index contributed by atoms with van der Waals surface area (Å²) < 4.78 is 5.49. The van der Waals surface area contributed by atoms with Gasteiger partial charge in [0.1, 0.15) is 5.75 Å². The number of fused-ring (bicyclic) bond motifs is 1. The molecule has 22 heavy (non-hydrogen) atoms. The maximum absolute atomic E-state index is 12.1. The molecule has 1 amide bonds. The molecule has 0 spiro atoms. The molecule has 2 atom stereocenters. The van der Waals surface area contributed by atoms with E-state index >= 15 is 0 Å². The van der Waals surface area contributed by atoms with E-state index in [1.807, 2.05) is 12.1 Å². The number of halogens is 1. The van der Waals surface area contributed by atoms with E-state index in [0.29, 0.717) is 16.7 Å². The van der Waals surface area contributed by atoms with Gasteiger partial charge < -0.3 is 10.1 Å². The highest BCUT2D eigenvalue weighted by Crippen LogP contribution is 2.35. The summed E-state index contributed by atoms with van der Waals surface area (Å²) >= 11 is 5.82. The summed E-state index contributed by atoms with van der Waals surface area (Å²) in [7, 11) is 0. The number of hydrogen-bond donors (Lipinski definition) is 1. The lowest BCUT2D eigenvalue weighted by Gasteiger charge is -2.19. The van der Waals surface area contributed by atoms with Gasteiger partial charge in [0.2, 0.25) is 0 Å². The lowest BCUT2D eigenvalue weighted by Crippen LogP contribution is -2.34. The molecule has 0 aliphatic heterocycles. The minimum atomic E-state index is -0.108. The second-order valence-electron chi connectivity index (χ2n) is 5.67. The molecule has 4 heteroatoms. The highest BCUT2D eigenvalue weighted by Gasteiger charge is 2.30. The zero-order chi connectivity index (χ0) is 15.5. The average Bonchev–Trinajstić information content (AvgIpc) is 2.83. The Morgan fingerprint density at radius 2 is 1.95 bits per heavy atom. The molecule has 1 aliphatic carbocycles. The van der Waals surface area contributed by atoms with Crippen LogP contribution in [0.1, 0.15) is 24.1 Å². The molecule has 1 N–H and O–H groups in total. The lowest BCUT2D eigenvalue weighted by molar-refractivity contribution is -0.124. The normalized spacial score (nSPS) is 19.5. The fourth-order valence-electron chi connectivity index (χ4n) is 2.91. The summed E-state index contributed by atoms with van der Waals surface area (Å²) in [5.74, 6) is 0.930. The SMILES string of the molecule is CC1Cc2ccccc2C1NC(=O)COc1ccc(Cl)cc1. The van der Waals surface area contributed by atoms with Crippen LogP contribution in [-0.4, -0.2) is 12.5 Å².